The summed E-state index contributed by atoms with van der Waals surface area (Å²) >= 11 is 5.43. The van der Waals surface area contributed by atoms with Gasteiger partial charge in [0.2, 0.25) is 4.77 Å². The Labute approximate surface area is 129 Å². The van der Waals surface area contributed by atoms with Crippen molar-refractivity contribution in [1.82, 2.24) is 14.3 Å². The van der Waals surface area contributed by atoms with E-state index in [1.807, 2.05) is 27.8 Å². The number of hydrogen-bond acceptors (Lipinski definition) is 3. The van der Waals surface area contributed by atoms with Crippen molar-refractivity contribution in [3.63, 3.8) is 0 Å². The van der Waals surface area contributed by atoms with Crippen molar-refractivity contribution in [2.45, 2.75) is 20.1 Å². The first kappa shape index (κ1) is 14.2. The van der Waals surface area contributed by atoms with Gasteiger partial charge in [-0.25, -0.2) is 4.98 Å². The lowest BCUT2D eigenvalue weighted by atomic mass is 10.3. The van der Waals surface area contributed by atoms with E-state index >= 15 is 0 Å². The molecule has 3 heterocycles. The second-order valence-corrected chi connectivity index (χ2v) is 5.71. The summed E-state index contributed by atoms with van der Waals surface area (Å²) in [6.45, 7) is 8.13. The largest absolute Gasteiger partial charge is 0.310 e. The minimum atomic E-state index is 0.823. The Kier molecular flexibility index (Phi) is 4.31. The van der Waals surface area contributed by atoms with Crippen molar-refractivity contribution in [2.75, 3.05) is 31.1 Å². The summed E-state index contributed by atoms with van der Waals surface area (Å²) < 4.78 is 4.77. The average Bonchev–Trinajstić information content (AvgIpc) is 2.89. The molecule has 0 spiro atoms. The second-order valence-electron chi connectivity index (χ2n) is 5.34. The molecule has 0 aliphatic carbocycles. The number of quaternary nitrogens is 1. The van der Waals surface area contributed by atoms with Gasteiger partial charge in [0.25, 0.3) is 5.82 Å². The van der Waals surface area contributed by atoms with Crippen LogP contribution in [-0.2, 0) is 13.2 Å². The molecule has 112 valence electrons. The number of aromatic amines is 1. The van der Waals surface area contributed by atoms with E-state index in [1.165, 1.54) is 10.7 Å². The zero-order chi connectivity index (χ0) is 14.7. The van der Waals surface area contributed by atoms with Crippen LogP contribution in [-0.4, -0.2) is 40.5 Å². The number of pyridine rings is 1. The Balaban J connectivity index is 1.59. The van der Waals surface area contributed by atoms with Crippen LogP contribution >= 0.6 is 12.2 Å². The molecule has 3 rings (SSSR count). The minimum Gasteiger partial charge on any atom is -0.310 e. The maximum atomic E-state index is 5.43. The van der Waals surface area contributed by atoms with Crippen molar-refractivity contribution >= 4 is 18.0 Å². The predicted molar refractivity (Wildman–Crippen MR) is 82.6 cm³/mol. The Morgan fingerprint density at radius 3 is 2.76 bits per heavy atom. The van der Waals surface area contributed by atoms with E-state index in [4.69, 9.17) is 12.2 Å². The second kappa shape index (κ2) is 6.36. The molecule has 6 nitrogen and oxygen atoms in total. The molecule has 7 heteroatoms. The molecule has 0 saturated carbocycles. The Morgan fingerprint density at radius 2 is 2.14 bits per heavy atom. The molecule has 0 unspecified atom stereocenters. The molecule has 0 amide bonds. The molecule has 0 atom stereocenters. The molecule has 0 bridgehead atoms. The molecule has 1 fully saturated rings. The smallest absolute Gasteiger partial charge is 0.274 e. The molecule has 2 aromatic rings. The molecule has 0 aromatic carbocycles. The first-order valence-corrected chi connectivity index (χ1v) is 7.86. The predicted octanol–water partition coefficient (Wildman–Crippen LogP) is -0.389. The van der Waals surface area contributed by atoms with E-state index < -0.39 is 0 Å². The van der Waals surface area contributed by atoms with Gasteiger partial charge in [-0.1, -0.05) is 6.07 Å². The van der Waals surface area contributed by atoms with Crippen LogP contribution in [0.15, 0.2) is 30.7 Å². The van der Waals surface area contributed by atoms with Crippen molar-refractivity contribution in [2.24, 2.45) is 0 Å². The maximum Gasteiger partial charge on any atom is 0.274 e. The van der Waals surface area contributed by atoms with Crippen LogP contribution < -0.4 is 14.8 Å². The fraction of sp³-hybridized carbons (Fsp3) is 0.500. The molecule has 1 aliphatic rings. The molecule has 2 N–H and O–H groups in total. The summed E-state index contributed by atoms with van der Waals surface area (Å²) in [6.07, 6.45) is 3.81. The lowest BCUT2D eigenvalue weighted by Crippen LogP contribution is -3.14. The highest BCUT2D eigenvalue weighted by molar-refractivity contribution is 7.71. The Bertz CT molecular complexity index is 626. The number of hydrogen-bond donors (Lipinski definition) is 1. The van der Waals surface area contributed by atoms with E-state index in [1.54, 1.807) is 0 Å². The monoisotopic (exact) mass is 306 g/mol. The topological polar surface area (TPSA) is 44.6 Å². The van der Waals surface area contributed by atoms with Gasteiger partial charge < -0.3 is 9.47 Å². The van der Waals surface area contributed by atoms with E-state index in [0.717, 1.165) is 44.2 Å². The van der Waals surface area contributed by atoms with E-state index in [9.17, 15) is 0 Å². The number of anilines is 1. The van der Waals surface area contributed by atoms with Crippen LogP contribution in [0.5, 0.6) is 0 Å². The van der Waals surface area contributed by atoms with Gasteiger partial charge >= 0.3 is 0 Å². The van der Waals surface area contributed by atoms with E-state index in [0.29, 0.717) is 0 Å². The molecule has 21 heavy (non-hydrogen) atoms. The van der Waals surface area contributed by atoms with Gasteiger partial charge in [0, 0.05) is 12.6 Å². The third-order valence-electron chi connectivity index (χ3n) is 4.01. The van der Waals surface area contributed by atoms with Gasteiger partial charge in [0.15, 0.2) is 6.67 Å². The van der Waals surface area contributed by atoms with Gasteiger partial charge in [-0.2, -0.15) is 9.78 Å². The zero-order valence-electron chi connectivity index (χ0n) is 12.3. The van der Waals surface area contributed by atoms with E-state index in [-0.39, 0.29) is 0 Å². The Morgan fingerprint density at radius 1 is 1.33 bits per heavy atom. The van der Waals surface area contributed by atoms with Gasteiger partial charge in [-0.05, 0) is 25.2 Å². The highest BCUT2D eigenvalue weighted by Crippen LogP contribution is 2.04. The number of nitrogens with one attached hydrogen (secondary N) is 2. The summed E-state index contributed by atoms with van der Waals surface area (Å²) in [5, 5.41) is 4.39. The molecular weight excluding hydrogens is 284 g/mol. The lowest BCUT2D eigenvalue weighted by molar-refractivity contribution is -0.924. The first-order chi connectivity index (χ1) is 10.3. The van der Waals surface area contributed by atoms with Gasteiger partial charge in [-0.3, -0.25) is 4.90 Å². The van der Waals surface area contributed by atoms with E-state index in [2.05, 4.69) is 34.0 Å². The minimum absolute atomic E-state index is 0.823. The van der Waals surface area contributed by atoms with Crippen LogP contribution in [0.3, 0.4) is 0 Å². The quantitative estimate of drug-likeness (QED) is 0.783. The number of piperazine rings is 1. The summed E-state index contributed by atoms with van der Waals surface area (Å²) in [4.78, 5) is 7.23. The standard InChI is InChI=1S/C14H20N6S/c1-2-18-11-16-20(14(18)21)12-17-7-9-19(10-8-17)13-5-3-4-6-15-13/h3-6,11H,2,7-10,12H2,1H3/p+2. The number of aromatic nitrogens is 4. The van der Waals surface area contributed by atoms with Gasteiger partial charge in [0.05, 0.1) is 6.20 Å². The molecule has 2 aromatic heterocycles. The average molecular weight is 306 g/mol. The van der Waals surface area contributed by atoms with Crippen molar-refractivity contribution < 1.29 is 9.88 Å². The molecular formula is C14H22N6S+2. The fourth-order valence-electron chi connectivity index (χ4n) is 2.71. The highest BCUT2D eigenvalue weighted by atomic mass is 32.1. The summed E-state index contributed by atoms with van der Waals surface area (Å²) in [7, 11) is 0. The molecule has 0 radical (unpaired) electrons. The lowest BCUT2D eigenvalue weighted by Gasteiger charge is -2.27. The number of nitrogens with zero attached hydrogens (tertiary/aromatic N) is 4. The third-order valence-corrected chi connectivity index (χ3v) is 4.46. The third kappa shape index (κ3) is 3.14. The van der Waals surface area contributed by atoms with Crippen LogP contribution in [0.1, 0.15) is 6.92 Å². The van der Waals surface area contributed by atoms with Crippen LogP contribution in [0.4, 0.5) is 5.82 Å². The highest BCUT2D eigenvalue weighted by Gasteiger charge is 2.26. The Hall–Kier alpha value is -1.73. The van der Waals surface area contributed by atoms with Gasteiger partial charge in [-0.15, -0.1) is 0 Å². The number of aryl methyl sites for hydroxylation is 1. The van der Waals surface area contributed by atoms with Crippen LogP contribution in [0.2, 0.25) is 0 Å². The normalized spacial score (nSPS) is 16.3. The first-order valence-electron chi connectivity index (χ1n) is 7.45. The molecule has 1 aliphatic heterocycles. The fourth-order valence-corrected chi connectivity index (χ4v) is 3.00. The van der Waals surface area contributed by atoms with Crippen molar-refractivity contribution in [3.05, 3.63) is 35.5 Å². The number of rotatable bonds is 4. The number of H-pyrrole nitrogens is 1. The van der Waals surface area contributed by atoms with Crippen LogP contribution in [0, 0.1) is 4.77 Å². The van der Waals surface area contributed by atoms with Crippen molar-refractivity contribution in [1.29, 1.82) is 0 Å². The SMILES string of the molecule is CCn1cnn(C[NH+]2CCN(c3cccc[nH+]3)CC2)c1=S. The maximum absolute atomic E-state index is 5.43. The summed E-state index contributed by atoms with van der Waals surface area (Å²) in [5.41, 5.74) is 0. The van der Waals surface area contributed by atoms with Crippen LogP contribution in [0.25, 0.3) is 0 Å². The summed E-state index contributed by atoms with van der Waals surface area (Å²) in [5.74, 6) is 1.20. The van der Waals surface area contributed by atoms with Crippen molar-refractivity contribution in [3.8, 4) is 0 Å². The summed E-state index contributed by atoms with van der Waals surface area (Å²) in [6, 6.07) is 6.21. The van der Waals surface area contributed by atoms with Gasteiger partial charge in [0.1, 0.15) is 32.5 Å². The molecule has 1 saturated heterocycles. The zero-order valence-corrected chi connectivity index (χ0v) is 13.1.